The zero-order valence-corrected chi connectivity index (χ0v) is 9.43. The Labute approximate surface area is 87.4 Å². The Morgan fingerprint density at radius 3 is 2.93 bits per heavy atom. The van der Waals surface area contributed by atoms with Crippen molar-refractivity contribution in [3.05, 3.63) is 29.6 Å². The molecule has 3 nitrogen and oxygen atoms in total. The van der Waals surface area contributed by atoms with Gasteiger partial charge in [0.05, 0.1) is 0 Å². The first-order chi connectivity index (χ1) is 6.68. The molecule has 14 heavy (non-hydrogen) atoms. The van der Waals surface area contributed by atoms with Gasteiger partial charge in [0.2, 0.25) is 0 Å². The molecule has 1 aromatic heterocycles. The molecule has 0 spiro atoms. The van der Waals surface area contributed by atoms with E-state index in [0.717, 1.165) is 13.1 Å². The van der Waals surface area contributed by atoms with Crippen LogP contribution in [-0.4, -0.2) is 27.7 Å². The summed E-state index contributed by atoms with van der Waals surface area (Å²) in [7, 11) is -0.706. The molecule has 0 radical (unpaired) electrons. The Morgan fingerprint density at radius 2 is 2.29 bits per heavy atom. The Bertz CT molecular complexity index is 315. The fourth-order valence-electron chi connectivity index (χ4n) is 1.16. The number of hydrogen-bond donors (Lipinski definition) is 1. The van der Waals surface area contributed by atoms with Crippen LogP contribution < -0.4 is 5.32 Å². The van der Waals surface area contributed by atoms with Crippen LogP contribution in [0.1, 0.15) is 11.1 Å². The van der Waals surface area contributed by atoms with Crippen LogP contribution in [-0.2, 0) is 17.3 Å². The van der Waals surface area contributed by atoms with Gasteiger partial charge in [0.15, 0.2) is 0 Å². The molecule has 0 aliphatic heterocycles. The SMILES string of the molecule is Cc1cncc(CNCCS(C)=O)c1. The van der Waals surface area contributed by atoms with E-state index >= 15 is 0 Å². The standard InChI is InChI=1S/C10H16N2OS/c1-9-5-10(8-12-6-9)7-11-3-4-14(2)13/h5-6,8,11H,3-4,7H2,1-2H3. The van der Waals surface area contributed by atoms with Crippen molar-refractivity contribution in [2.75, 3.05) is 18.6 Å². The fourth-order valence-corrected chi connectivity index (χ4v) is 1.59. The number of nitrogens with zero attached hydrogens (tertiary/aromatic N) is 1. The maximum atomic E-state index is 10.8. The van der Waals surface area contributed by atoms with Crippen molar-refractivity contribution in [1.29, 1.82) is 0 Å². The molecular formula is C10H16N2OS. The highest BCUT2D eigenvalue weighted by molar-refractivity contribution is 7.84. The Kier molecular flexibility index (Phi) is 4.76. The molecule has 1 rings (SSSR count). The molecule has 1 heterocycles. The maximum Gasteiger partial charge on any atom is 0.0357 e. The summed E-state index contributed by atoms with van der Waals surface area (Å²) in [6, 6.07) is 2.10. The van der Waals surface area contributed by atoms with Gasteiger partial charge in [0.25, 0.3) is 0 Å². The minimum atomic E-state index is -0.706. The van der Waals surface area contributed by atoms with Gasteiger partial charge in [-0.2, -0.15) is 0 Å². The third kappa shape index (κ3) is 4.48. The Balaban J connectivity index is 2.28. The summed E-state index contributed by atoms with van der Waals surface area (Å²) in [6.45, 7) is 3.61. The molecule has 1 N–H and O–H groups in total. The van der Waals surface area contributed by atoms with Gasteiger partial charge >= 0.3 is 0 Å². The van der Waals surface area contributed by atoms with Crippen molar-refractivity contribution in [3.63, 3.8) is 0 Å². The average Bonchev–Trinajstić information content (AvgIpc) is 2.12. The quantitative estimate of drug-likeness (QED) is 0.736. The summed E-state index contributed by atoms with van der Waals surface area (Å²) >= 11 is 0. The summed E-state index contributed by atoms with van der Waals surface area (Å²) in [5.74, 6) is 0.708. The topological polar surface area (TPSA) is 42.0 Å². The van der Waals surface area contributed by atoms with Crippen molar-refractivity contribution in [2.24, 2.45) is 0 Å². The van der Waals surface area contributed by atoms with E-state index in [1.54, 1.807) is 6.26 Å². The van der Waals surface area contributed by atoms with Crippen molar-refractivity contribution in [2.45, 2.75) is 13.5 Å². The second-order valence-electron chi connectivity index (χ2n) is 3.32. The first kappa shape index (κ1) is 11.3. The number of aryl methyl sites for hydroxylation is 1. The van der Waals surface area contributed by atoms with Gasteiger partial charge in [-0.1, -0.05) is 6.07 Å². The van der Waals surface area contributed by atoms with E-state index in [1.807, 2.05) is 19.3 Å². The minimum absolute atomic E-state index is 0.706. The molecule has 0 aromatic carbocycles. The van der Waals surface area contributed by atoms with E-state index in [9.17, 15) is 4.21 Å². The number of rotatable bonds is 5. The smallest absolute Gasteiger partial charge is 0.0357 e. The summed E-state index contributed by atoms with van der Waals surface area (Å²) in [5, 5.41) is 3.23. The molecule has 1 atom stereocenters. The largest absolute Gasteiger partial charge is 0.312 e. The molecule has 1 unspecified atom stereocenters. The number of hydrogen-bond acceptors (Lipinski definition) is 3. The predicted octanol–water partition coefficient (Wildman–Crippen LogP) is 0.858. The number of aromatic nitrogens is 1. The predicted molar refractivity (Wildman–Crippen MR) is 59.6 cm³/mol. The lowest BCUT2D eigenvalue weighted by molar-refractivity contribution is 0.676. The Morgan fingerprint density at radius 1 is 1.50 bits per heavy atom. The first-order valence-corrected chi connectivity index (χ1v) is 6.32. The van der Waals surface area contributed by atoms with Gasteiger partial charge in [-0.05, 0) is 18.1 Å². The number of pyridine rings is 1. The van der Waals surface area contributed by atoms with Crippen molar-refractivity contribution < 1.29 is 4.21 Å². The van der Waals surface area contributed by atoms with Crippen LogP contribution in [0.25, 0.3) is 0 Å². The fraction of sp³-hybridized carbons (Fsp3) is 0.500. The van der Waals surface area contributed by atoms with Crippen LogP contribution in [0.2, 0.25) is 0 Å². The molecule has 0 saturated carbocycles. The van der Waals surface area contributed by atoms with Crippen LogP contribution >= 0.6 is 0 Å². The molecular weight excluding hydrogens is 196 g/mol. The molecule has 0 saturated heterocycles. The molecule has 0 amide bonds. The normalized spacial score (nSPS) is 12.7. The summed E-state index contributed by atoms with van der Waals surface area (Å²) in [6.07, 6.45) is 5.41. The van der Waals surface area contributed by atoms with Crippen LogP contribution in [0.15, 0.2) is 18.5 Å². The summed E-state index contributed by atoms with van der Waals surface area (Å²) < 4.78 is 10.8. The van der Waals surface area contributed by atoms with E-state index in [4.69, 9.17) is 0 Å². The highest BCUT2D eigenvalue weighted by atomic mass is 32.2. The van der Waals surface area contributed by atoms with Crippen LogP contribution in [0.3, 0.4) is 0 Å². The lowest BCUT2D eigenvalue weighted by Crippen LogP contribution is -2.19. The zero-order valence-electron chi connectivity index (χ0n) is 8.62. The highest BCUT2D eigenvalue weighted by Gasteiger charge is 1.94. The Hall–Kier alpha value is -0.740. The van der Waals surface area contributed by atoms with Gasteiger partial charge in [-0.15, -0.1) is 0 Å². The van der Waals surface area contributed by atoms with Crippen molar-refractivity contribution in [3.8, 4) is 0 Å². The molecule has 4 heteroatoms. The van der Waals surface area contributed by atoms with Crippen molar-refractivity contribution >= 4 is 10.8 Å². The first-order valence-electron chi connectivity index (χ1n) is 4.60. The van der Waals surface area contributed by atoms with Gasteiger partial charge in [-0.25, -0.2) is 0 Å². The highest BCUT2D eigenvalue weighted by Crippen LogP contribution is 1.99. The van der Waals surface area contributed by atoms with Gasteiger partial charge < -0.3 is 5.32 Å². The molecule has 0 aliphatic rings. The molecule has 0 aliphatic carbocycles. The van der Waals surface area contributed by atoms with Gasteiger partial charge in [0.1, 0.15) is 0 Å². The number of nitrogens with one attached hydrogen (secondary N) is 1. The van der Waals surface area contributed by atoms with E-state index in [-0.39, 0.29) is 0 Å². The lowest BCUT2D eigenvalue weighted by Gasteiger charge is -2.03. The van der Waals surface area contributed by atoms with Crippen LogP contribution in [0.5, 0.6) is 0 Å². The minimum Gasteiger partial charge on any atom is -0.312 e. The second kappa shape index (κ2) is 5.88. The third-order valence-corrected chi connectivity index (χ3v) is 2.61. The lowest BCUT2D eigenvalue weighted by atomic mass is 10.2. The van der Waals surface area contributed by atoms with E-state index < -0.39 is 10.8 Å². The third-order valence-electron chi connectivity index (χ3n) is 1.83. The molecule has 1 aromatic rings. The molecule has 0 fully saturated rings. The van der Waals surface area contributed by atoms with Crippen LogP contribution in [0.4, 0.5) is 0 Å². The van der Waals surface area contributed by atoms with Gasteiger partial charge in [0, 0.05) is 48.3 Å². The van der Waals surface area contributed by atoms with E-state index in [1.165, 1.54) is 11.1 Å². The molecule has 78 valence electrons. The second-order valence-corrected chi connectivity index (χ2v) is 4.88. The van der Waals surface area contributed by atoms with E-state index in [0.29, 0.717) is 5.75 Å². The maximum absolute atomic E-state index is 10.8. The summed E-state index contributed by atoms with van der Waals surface area (Å²) in [5.41, 5.74) is 2.34. The zero-order chi connectivity index (χ0) is 10.4. The summed E-state index contributed by atoms with van der Waals surface area (Å²) in [4.78, 5) is 4.10. The van der Waals surface area contributed by atoms with E-state index in [2.05, 4.69) is 16.4 Å². The van der Waals surface area contributed by atoms with Gasteiger partial charge in [-0.3, -0.25) is 9.19 Å². The monoisotopic (exact) mass is 212 g/mol. The van der Waals surface area contributed by atoms with Crippen molar-refractivity contribution in [1.82, 2.24) is 10.3 Å². The average molecular weight is 212 g/mol. The molecule has 0 bridgehead atoms. The van der Waals surface area contributed by atoms with Crippen LogP contribution in [0, 0.1) is 6.92 Å².